The average Bonchev–Trinajstić information content (AvgIpc) is 2.91. The van der Waals surface area contributed by atoms with Gasteiger partial charge in [-0.2, -0.15) is 0 Å². The van der Waals surface area contributed by atoms with Crippen LogP contribution < -0.4 is 5.73 Å². The van der Waals surface area contributed by atoms with Crippen molar-refractivity contribution >= 4 is 0 Å². The Morgan fingerprint density at radius 2 is 2.20 bits per heavy atom. The van der Waals surface area contributed by atoms with Crippen molar-refractivity contribution in [3.63, 3.8) is 0 Å². The van der Waals surface area contributed by atoms with Crippen molar-refractivity contribution in [2.75, 3.05) is 0 Å². The summed E-state index contributed by atoms with van der Waals surface area (Å²) in [6.07, 6.45) is 3.72. The number of rotatable bonds is 2. The van der Waals surface area contributed by atoms with Crippen LogP contribution in [0.15, 0.2) is 30.5 Å². The number of aliphatic hydroxyl groups excluding tert-OH is 1. The number of aliphatic hydroxyl groups is 1. The molecule has 1 saturated carbocycles. The highest BCUT2D eigenvalue weighted by molar-refractivity contribution is 5.57. The largest absolute Gasteiger partial charge is 0.389 e. The minimum atomic E-state index is -0.620. The molecule has 0 aliphatic heterocycles. The highest BCUT2D eigenvalue weighted by Crippen LogP contribution is 2.28. The van der Waals surface area contributed by atoms with Crippen LogP contribution in [0.25, 0.3) is 11.3 Å². The van der Waals surface area contributed by atoms with Gasteiger partial charge in [-0.3, -0.25) is 0 Å². The van der Waals surface area contributed by atoms with Crippen LogP contribution in [0, 0.1) is 5.82 Å². The molecule has 1 aromatic carbocycles. The molecule has 106 valence electrons. The van der Waals surface area contributed by atoms with Crippen molar-refractivity contribution in [3.8, 4) is 11.3 Å². The summed E-state index contributed by atoms with van der Waals surface area (Å²) in [5.74, 6) is -0.309. The number of nitrogens with zero attached hydrogens (tertiary/aromatic N) is 3. The van der Waals surface area contributed by atoms with E-state index in [1.54, 1.807) is 23.0 Å². The standard InChI is InChI=1S/C14H17FN4O/c15-10-4-1-3-9(7-10)12-8-19(18-17-12)13-6-2-5-11(16)14(13)20/h1,3-4,7-8,11,13-14,20H,2,5-6,16H2/t11-,13+,14+/m1/s1. The van der Waals surface area contributed by atoms with Crippen molar-refractivity contribution < 1.29 is 9.50 Å². The van der Waals surface area contributed by atoms with Gasteiger partial charge in [-0.15, -0.1) is 5.10 Å². The molecule has 0 radical (unpaired) electrons. The second kappa shape index (κ2) is 5.30. The molecule has 1 fully saturated rings. The molecule has 0 bridgehead atoms. The summed E-state index contributed by atoms with van der Waals surface area (Å²) in [5, 5.41) is 18.3. The first-order chi connectivity index (χ1) is 9.65. The van der Waals surface area contributed by atoms with Gasteiger partial charge in [0.15, 0.2) is 0 Å². The van der Waals surface area contributed by atoms with Crippen molar-refractivity contribution in [1.29, 1.82) is 0 Å². The fourth-order valence-electron chi connectivity index (χ4n) is 2.70. The molecule has 3 rings (SSSR count). The van der Waals surface area contributed by atoms with Crippen LogP contribution in [-0.4, -0.2) is 32.2 Å². The Kier molecular flexibility index (Phi) is 3.50. The molecule has 0 spiro atoms. The zero-order chi connectivity index (χ0) is 14.1. The van der Waals surface area contributed by atoms with E-state index in [4.69, 9.17) is 5.73 Å². The number of halogens is 1. The summed E-state index contributed by atoms with van der Waals surface area (Å²) >= 11 is 0. The zero-order valence-corrected chi connectivity index (χ0v) is 11.0. The molecule has 0 amide bonds. The number of hydrogen-bond donors (Lipinski definition) is 2. The van der Waals surface area contributed by atoms with Gasteiger partial charge < -0.3 is 10.8 Å². The van der Waals surface area contributed by atoms with E-state index in [2.05, 4.69) is 10.3 Å². The molecule has 5 nitrogen and oxygen atoms in total. The molecule has 3 atom stereocenters. The van der Waals surface area contributed by atoms with Gasteiger partial charge in [0.05, 0.1) is 18.3 Å². The minimum absolute atomic E-state index is 0.159. The van der Waals surface area contributed by atoms with Gasteiger partial charge in [0, 0.05) is 11.6 Å². The fourth-order valence-corrected chi connectivity index (χ4v) is 2.70. The Labute approximate surface area is 116 Å². The van der Waals surface area contributed by atoms with Crippen LogP contribution in [0.2, 0.25) is 0 Å². The first-order valence-corrected chi connectivity index (χ1v) is 6.76. The average molecular weight is 276 g/mol. The van der Waals surface area contributed by atoms with Crippen LogP contribution in [0.1, 0.15) is 25.3 Å². The minimum Gasteiger partial charge on any atom is -0.389 e. The summed E-state index contributed by atoms with van der Waals surface area (Å²) in [6, 6.07) is 5.83. The van der Waals surface area contributed by atoms with Gasteiger partial charge in [-0.25, -0.2) is 9.07 Å². The molecule has 2 aromatic rings. The molecular formula is C14H17FN4O. The van der Waals surface area contributed by atoms with Crippen LogP contribution >= 0.6 is 0 Å². The molecule has 3 N–H and O–H groups in total. The maximum Gasteiger partial charge on any atom is 0.123 e. The monoisotopic (exact) mass is 276 g/mol. The van der Waals surface area contributed by atoms with E-state index in [9.17, 15) is 9.50 Å². The molecule has 1 aliphatic carbocycles. The van der Waals surface area contributed by atoms with Gasteiger partial charge in [0.25, 0.3) is 0 Å². The Morgan fingerprint density at radius 3 is 3.00 bits per heavy atom. The Balaban J connectivity index is 1.86. The van der Waals surface area contributed by atoms with E-state index >= 15 is 0 Å². The molecule has 1 aromatic heterocycles. The third kappa shape index (κ3) is 2.44. The zero-order valence-electron chi connectivity index (χ0n) is 11.0. The molecule has 1 heterocycles. The Morgan fingerprint density at radius 1 is 1.35 bits per heavy atom. The summed E-state index contributed by atoms with van der Waals surface area (Å²) in [6.45, 7) is 0. The van der Waals surface area contributed by atoms with Gasteiger partial charge in [0.1, 0.15) is 11.5 Å². The maximum absolute atomic E-state index is 13.2. The van der Waals surface area contributed by atoms with Crippen molar-refractivity contribution in [2.24, 2.45) is 5.73 Å². The van der Waals surface area contributed by atoms with Gasteiger partial charge in [0.2, 0.25) is 0 Å². The second-order valence-electron chi connectivity index (χ2n) is 5.25. The van der Waals surface area contributed by atoms with E-state index < -0.39 is 6.10 Å². The van der Waals surface area contributed by atoms with Crippen molar-refractivity contribution in [1.82, 2.24) is 15.0 Å². The lowest BCUT2D eigenvalue weighted by atomic mass is 9.89. The molecular weight excluding hydrogens is 259 g/mol. The number of benzene rings is 1. The third-order valence-corrected chi connectivity index (χ3v) is 3.84. The van der Waals surface area contributed by atoms with E-state index in [1.165, 1.54) is 12.1 Å². The Hall–Kier alpha value is -1.79. The van der Waals surface area contributed by atoms with Crippen LogP contribution in [-0.2, 0) is 0 Å². The third-order valence-electron chi connectivity index (χ3n) is 3.84. The SMILES string of the molecule is N[C@@H]1CCC[C@H](n2cc(-c3cccc(F)c3)nn2)[C@H]1O. The smallest absolute Gasteiger partial charge is 0.123 e. The Bertz CT molecular complexity index is 600. The first-order valence-electron chi connectivity index (χ1n) is 6.76. The number of nitrogens with two attached hydrogens (primary N) is 1. The maximum atomic E-state index is 13.2. The van der Waals surface area contributed by atoms with Crippen molar-refractivity contribution in [2.45, 2.75) is 37.5 Å². The molecule has 0 saturated heterocycles. The summed E-state index contributed by atoms with van der Waals surface area (Å²) in [7, 11) is 0. The molecule has 0 unspecified atom stereocenters. The highest BCUT2D eigenvalue weighted by Gasteiger charge is 2.31. The van der Waals surface area contributed by atoms with Crippen LogP contribution in [0.4, 0.5) is 4.39 Å². The summed E-state index contributed by atoms with van der Waals surface area (Å²) in [4.78, 5) is 0. The highest BCUT2D eigenvalue weighted by atomic mass is 19.1. The number of hydrogen-bond acceptors (Lipinski definition) is 4. The second-order valence-corrected chi connectivity index (χ2v) is 5.25. The lowest BCUT2D eigenvalue weighted by Crippen LogP contribution is -2.44. The van der Waals surface area contributed by atoms with E-state index in [-0.39, 0.29) is 17.9 Å². The molecule has 1 aliphatic rings. The summed E-state index contributed by atoms with van der Waals surface area (Å²) in [5.41, 5.74) is 7.15. The van der Waals surface area contributed by atoms with Crippen LogP contribution in [0.5, 0.6) is 0 Å². The topological polar surface area (TPSA) is 77.0 Å². The van der Waals surface area contributed by atoms with Crippen molar-refractivity contribution in [3.05, 3.63) is 36.3 Å². The molecule has 6 heteroatoms. The quantitative estimate of drug-likeness (QED) is 0.871. The van der Waals surface area contributed by atoms with E-state index in [0.29, 0.717) is 11.3 Å². The van der Waals surface area contributed by atoms with E-state index in [0.717, 1.165) is 19.3 Å². The lowest BCUT2D eigenvalue weighted by molar-refractivity contribution is 0.0506. The van der Waals surface area contributed by atoms with Gasteiger partial charge in [-0.1, -0.05) is 17.3 Å². The lowest BCUT2D eigenvalue weighted by Gasteiger charge is -2.32. The van der Waals surface area contributed by atoms with Gasteiger partial charge in [-0.05, 0) is 31.4 Å². The first kappa shape index (κ1) is 13.2. The normalized spacial score (nSPS) is 26.6. The van der Waals surface area contributed by atoms with Gasteiger partial charge >= 0.3 is 0 Å². The number of aromatic nitrogens is 3. The van der Waals surface area contributed by atoms with E-state index in [1.807, 2.05) is 0 Å². The summed E-state index contributed by atoms with van der Waals surface area (Å²) < 4.78 is 14.9. The molecule has 20 heavy (non-hydrogen) atoms. The fraction of sp³-hybridized carbons (Fsp3) is 0.429. The predicted molar refractivity (Wildman–Crippen MR) is 72.3 cm³/mol. The predicted octanol–water partition coefficient (Wildman–Crippen LogP) is 1.50. The van der Waals surface area contributed by atoms with Crippen LogP contribution in [0.3, 0.4) is 0 Å².